The number of aliphatic hydroxyl groups excluding tert-OH is 1. The maximum Gasteiger partial charge on any atom is 0.328 e. The molecule has 0 bridgehead atoms. The van der Waals surface area contributed by atoms with Gasteiger partial charge in [0.2, 0.25) is 0 Å². The van der Waals surface area contributed by atoms with Gasteiger partial charge in [0.25, 0.3) is 0 Å². The summed E-state index contributed by atoms with van der Waals surface area (Å²) >= 11 is 0. The molecule has 0 aromatic rings. The third-order valence-electron chi connectivity index (χ3n) is 3.67. The van der Waals surface area contributed by atoms with E-state index < -0.39 is 24.6 Å². The number of aliphatic hydroxyl groups is 1. The zero-order chi connectivity index (χ0) is 14.3. The molecule has 0 saturated heterocycles. The van der Waals surface area contributed by atoms with Crippen molar-refractivity contribution in [2.45, 2.75) is 45.1 Å². The zero-order valence-electron chi connectivity index (χ0n) is 11.4. The van der Waals surface area contributed by atoms with Crippen molar-refractivity contribution >= 4 is 12.0 Å². The second-order valence-electron chi connectivity index (χ2n) is 5.40. The molecule has 0 aromatic heterocycles. The van der Waals surface area contributed by atoms with Gasteiger partial charge in [-0.25, -0.2) is 9.59 Å². The van der Waals surface area contributed by atoms with Gasteiger partial charge in [0, 0.05) is 6.54 Å². The average Bonchev–Trinajstić information content (AvgIpc) is 2.35. The Kier molecular flexibility index (Phi) is 6.62. The van der Waals surface area contributed by atoms with Crippen molar-refractivity contribution < 1.29 is 19.8 Å². The predicted molar refractivity (Wildman–Crippen MR) is 70.8 cm³/mol. The number of amides is 2. The summed E-state index contributed by atoms with van der Waals surface area (Å²) in [4.78, 5) is 22.0. The number of hydrogen-bond donors (Lipinski definition) is 4. The molecule has 3 atom stereocenters. The number of nitrogens with one attached hydrogen (secondary N) is 2. The topological polar surface area (TPSA) is 98.7 Å². The molecule has 1 aliphatic carbocycles. The minimum Gasteiger partial charge on any atom is -0.480 e. The van der Waals surface area contributed by atoms with Gasteiger partial charge in [0.05, 0.1) is 6.61 Å². The molecule has 3 unspecified atom stereocenters. The molecule has 6 heteroatoms. The van der Waals surface area contributed by atoms with Crippen molar-refractivity contribution in [1.82, 2.24) is 10.6 Å². The highest BCUT2D eigenvalue weighted by atomic mass is 16.4. The number of carboxylic acids is 1. The van der Waals surface area contributed by atoms with Crippen LogP contribution in [-0.2, 0) is 4.79 Å². The fourth-order valence-corrected chi connectivity index (χ4v) is 2.61. The van der Waals surface area contributed by atoms with E-state index in [4.69, 9.17) is 10.2 Å². The van der Waals surface area contributed by atoms with Gasteiger partial charge in [-0.3, -0.25) is 0 Å². The fraction of sp³-hybridized carbons (Fsp3) is 0.846. The van der Waals surface area contributed by atoms with Crippen LogP contribution in [0.4, 0.5) is 4.79 Å². The summed E-state index contributed by atoms with van der Waals surface area (Å²) in [6, 6.07) is -1.78. The number of aliphatic carboxylic acids is 1. The van der Waals surface area contributed by atoms with Gasteiger partial charge in [-0.05, 0) is 24.7 Å². The summed E-state index contributed by atoms with van der Waals surface area (Å²) in [7, 11) is 0. The molecule has 1 saturated carbocycles. The van der Waals surface area contributed by atoms with Crippen LogP contribution in [0.25, 0.3) is 0 Å². The lowest BCUT2D eigenvalue weighted by molar-refractivity contribution is -0.140. The van der Waals surface area contributed by atoms with Gasteiger partial charge in [-0.1, -0.05) is 26.2 Å². The van der Waals surface area contributed by atoms with E-state index in [1.165, 1.54) is 25.7 Å². The van der Waals surface area contributed by atoms with Crippen LogP contribution in [0, 0.1) is 11.8 Å². The summed E-state index contributed by atoms with van der Waals surface area (Å²) in [5, 5.41) is 22.3. The normalized spacial score (nSPS) is 24.5. The van der Waals surface area contributed by atoms with Gasteiger partial charge in [0.1, 0.15) is 0 Å². The summed E-state index contributed by atoms with van der Waals surface area (Å²) < 4.78 is 0. The molecule has 1 rings (SSSR count). The van der Waals surface area contributed by atoms with Gasteiger partial charge < -0.3 is 20.8 Å². The maximum absolute atomic E-state index is 11.4. The lowest BCUT2D eigenvalue weighted by atomic mass is 9.81. The molecule has 0 heterocycles. The molecule has 6 nitrogen and oxygen atoms in total. The second-order valence-corrected chi connectivity index (χ2v) is 5.40. The fourth-order valence-electron chi connectivity index (χ4n) is 2.61. The van der Waals surface area contributed by atoms with Crippen LogP contribution in [0.15, 0.2) is 0 Å². The van der Waals surface area contributed by atoms with Gasteiger partial charge >= 0.3 is 12.0 Å². The number of carbonyl (C=O) groups is 2. The third-order valence-corrected chi connectivity index (χ3v) is 3.67. The Labute approximate surface area is 113 Å². The summed E-state index contributed by atoms with van der Waals surface area (Å²) in [5.41, 5.74) is 0. The second kappa shape index (κ2) is 7.99. The van der Waals surface area contributed by atoms with E-state index in [-0.39, 0.29) is 0 Å². The molecule has 2 amide bonds. The molecule has 1 fully saturated rings. The SMILES string of the molecule is CC1CCCC(CCNC(=O)NC(CO)C(=O)O)C1. The lowest BCUT2D eigenvalue weighted by Crippen LogP contribution is -2.48. The smallest absolute Gasteiger partial charge is 0.328 e. The first-order valence-electron chi connectivity index (χ1n) is 6.91. The lowest BCUT2D eigenvalue weighted by Gasteiger charge is -2.26. The monoisotopic (exact) mass is 272 g/mol. The molecule has 110 valence electrons. The first kappa shape index (κ1) is 15.8. The Balaban J connectivity index is 2.17. The minimum absolute atomic E-state index is 0.537. The standard InChI is InChI=1S/C13H24N2O4/c1-9-3-2-4-10(7-9)5-6-14-13(19)15-11(8-16)12(17)18/h9-11,16H,2-8H2,1H3,(H,17,18)(H2,14,15,19). The van der Waals surface area contributed by atoms with Crippen LogP contribution in [0.5, 0.6) is 0 Å². The number of rotatable bonds is 6. The van der Waals surface area contributed by atoms with E-state index in [1.807, 2.05) is 0 Å². The highest BCUT2D eigenvalue weighted by Gasteiger charge is 2.20. The van der Waals surface area contributed by atoms with Gasteiger partial charge in [0.15, 0.2) is 6.04 Å². The van der Waals surface area contributed by atoms with E-state index in [0.29, 0.717) is 12.5 Å². The largest absolute Gasteiger partial charge is 0.480 e. The van der Waals surface area contributed by atoms with E-state index in [2.05, 4.69) is 17.6 Å². The number of hydrogen-bond acceptors (Lipinski definition) is 3. The van der Waals surface area contributed by atoms with E-state index >= 15 is 0 Å². The van der Waals surface area contributed by atoms with Crippen LogP contribution in [0.2, 0.25) is 0 Å². The Hall–Kier alpha value is -1.30. The van der Waals surface area contributed by atoms with E-state index in [0.717, 1.165) is 12.3 Å². The van der Waals surface area contributed by atoms with Crippen LogP contribution in [0.1, 0.15) is 39.0 Å². The number of urea groups is 1. The summed E-state index contributed by atoms with van der Waals surface area (Å²) in [5.74, 6) is 0.175. The van der Waals surface area contributed by atoms with Crippen LogP contribution in [0.3, 0.4) is 0 Å². The Morgan fingerprint density at radius 2 is 2.11 bits per heavy atom. The molecule has 0 spiro atoms. The maximum atomic E-state index is 11.4. The van der Waals surface area contributed by atoms with Crippen LogP contribution < -0.4 is 10.6 Å². The number of carboxylic acid groups (broad SMARTS) is 1. The van der Waals surface area contributed by atoms with Crippen molar-refractivity contribution in [3.8, 4) is 0 Å². The molecule has 0 radical (unpaired) electrons. The highest BCUT2D eigenvalue weighted by molar-refractivity contribution is 5.82. The Morgan fingerprint density at radius 3 is 2.68 bits per heavy atom. The molecule has 0 aromatic carbocycles. The first-order valence-corrected chi connectivity index (χ1v) is 6.91. The van der Waals surface area contributed by atoms with Crippen molar-refractivity contribution in [3.63, 3.8) is 0 Å². The van der Waals surface area contributed by atoms with Crippen molar-refractivity contribution in [2.24, 2.45) is 11.8 Å². The Morgan fingerprint density at radius 1 is 1.37 bits per heavy atom. The third kappa shape index (κ3) is 5.92. The van der Waals surface area contributed by atoms with Crippen LogP contribution >= 0.6 is 0 Å². The molecular weight excluding hydrogens is 248 g/mol. The van der Waals surface area contributed by atoms with E-state index in [1.54, 1.807) is 0 Å². The molecule has 19 heavy (non-hydrogen) atoms. The van der Waals surface area contributed by atoms with E-state index in [9.17, 15) is 9.59 Å². The van der Waals surface area contributed by atoms with Crippen molar-refractivity contribution in [3.05, 3.63) is 0 Å². The van der Waals surface area contributed by atoms with Gasteiger partial charge in [-0.15, -0.1) is 0 Å². The Bertz CT molecular complexity index is 309. The van der Waals surface area contributed by atoms with Gasteiger partial charge in [-0.2, -0.15) is 0 Å². The van der Waals surface area contributed by atoms with Crippen molar-refractivity contribution in [1.29, 1.82) is 0 Å². The summed E-state index contributed by atoms with van der Waals surface area (Å²) in [6.45, 7) is 2.19. The average molecular weight is 272 g/mol. The quantitative estimate of drug-likeness (QED) is 0.578. The minimum atomic E-state index is -1.24. The first-order chi connectivity index (χ1) is 9.02. The molecule has 1 aliphatic rings. The molecular formula is C13H24N2O4. The van der Waals surface area contributed by atoms with Crippen molar-refractivity contribution in [2.75, 3.05) is 13.2 Å². The highest BCUT2D eigenvalue weighted by Crippen LogP contribution is 2.30. The number of carbonyl (C=O) groups excluding carboxylic acids is 1. The molecule has 0 aliphatic heterocycles. The summed E-state index contributed by atoms with van der Waals surface area (Å²) in [6.07, 6.45) is 5.89. The van der Waals surface area contributed by atoms with Crippen LogP contribution in [-0.4, -0.2) is 41.4 Å². The molecule has 4 N–H and O–H groups in total. The zero-order valence-corrected chi connectivity index (χ0v) is 11.4. The predicted octanol–water partition coefficient (Wildman–Crippen LogP) is 0.947.